The molecule has 0 aliphatic carbocycles. The van der Waals surface area contributed by atoms with Crippen LogP contribution in [0.5, 0.6) is 0 Å². The quantitative estimate of drug-likeness (QED) is 0.587. The van der Waals surface area contributed by atoms with Crippen LogP contribution in [-0.2, 0) is 17.9 Å². The molecule has 0 spiro atoms. The van der Waals surface area contributed by atoms with Gasteiger partial charge in [-0.2, -0.15) is 5.10 Å². The van der Waals surface area contributed by atoms with Gasteiger partial charge in [0.25, 0.3) is 5.91 Å². The standard InChI is InChI=1S/C25H30N4O2/c1-17(2)23(27-24(30)21-13-9-6-10-14-21)25(31)26-15-22-18(3)28-29(19(22)4)16-20-11-7-5-8-12-20/h5-14,17,23H,15-16H2,1-4H3,(H,26,31)(H,27,30)/t23-/m0/s1. The highest BCUT2D eigenvalue weighted by Crippen LogP contribution is 2.15. The maximum absolute atomic E-state index is 12.9. The van der Waals surface area contributed by atoms with Gasteiger partial charge in [-0.1, -0.05) is 62.4 Å². The van der Waals surface area contributed by atoms with Crippen LogP contribution in [0.1, 0.15) is 46.7 Å². The molecule has 0 fully saturated rings. The first-order valence-corrected chi connectivity index (χ1v) is 10.6. The number of carbonyl (C=O) groups excluding carboxylic acids is 2. The van der Waals surface area contributed by atoms with Crippen LogP contribution in [0.25, 0.3) is 0 Å². The minimum Gasteiger partial charge on any atom is -0.350 e. The lowest BCUT2D eigenvalue weighted by Gasteiger charge is -2.22. The molecule has 162 valence electrons. The topological polar surface area (TPSA) is 76.0 Å². The maximum atomic E-state index is 12.9. The minimum absolute atomic E-state index is 0.0457. The third-order valence-corrected chi connectivity index (χ3v) is 5.42. The number of amides is 2. The number of nitrogens with zero attached hydrogens (tertiary/aromatic N) is 2. The van der Waals surface area contributed by atoms with E-state index in [0.29, 0.717) is 18.7 Å². The molecule has 3 aromatic rings. The van der Waals surface area contributed by atoms with Crippen LogP contribution in [0.4, 0.5) is 0 Å². The zero-order chi connectivity index (χ0) is 22.4. The lowest BCUT2D eigenvalue weighted by molar-refractivity contribution is -0.124. The van der Waals surface area contributed by atoms with Gasteiger partial charge in [-0.05, 0) is 37.5 Å². The second kappa shape index (κ2) is 10.1. The first-order chi connectivity index (χ1) is 14.9. The molecule has 0 saturated heterocycles. The predicted molar refractivity (Wildman–Crippen MR) is 122 cm³/mol. The Bertz CT molecular complexity index is 1030. The van der Waals surface area contributed by atoms with Gasteiger partial charge in [0, 0.05) is 23.4 Å². The Hall–Kier alpha value is -3.41. The van der Waals surface area contributed by atoms with Crippen molar-refractivity contribution in [1.29, 1.82) is 0 Å². The van der Waals surface area contributed by atoms with Crippen molar-refractivity contribution in [3.05, 3.63) is 88.7 Å². The molecule has 0 unspecified atom stereocenters. The van der Waals surface area contributed by atoms with Crippen molar-refractivity contribution in [3.8, 4) is 0 Å². The zero-order valence-electron chi connectivity index (χ0n) is 18.6. The highest BCUT2D eigenvalue weighted by molar-refractivity contribution is 5.97. The molecule has 2 amide bonds. The maximum Gasteiger partial charge on any atom is 0.251 e. The van der Waals surface area contributed by atoms with E-state index >= 15 is 0 Å². The number of aromatic nitrogens is 2. The molecule has 0 aliphatic rings. The van der Waals surface area contributed by atoms with E-state index in [0.717, 1.165) is 17.0 Å². The molecular weight excluding hydrogens is 388 g/mol. The van der Waals surface area contributed by atoms with E-state index in [1.807, 2.05) is 56.6 Å². The smallest absolute Gasteiger partial charge is 0.251 e. The van der Waals surface area contributed by atoms with E-state index in [9.17, 15) is 9.59 Å². The van der Waals surface area contributed by atoms with E-state index in [2.05, 4.69) is 27.9 Å². The van der Waals surface area contributed by atoms with Crippen molar-refractivity contribution in [2.24, 2.45) is 5.92 Å². The van der Waals surface area contributed by atoms with Gasteiger partial charge >= 0.3 is 0 Å². The first-order valence-electron chi connectivity index (χ1n) is 10.6. The molecule has 1 heterocycles. The van der Waals surface area contributed by atoms with Gasteiger partial charge in [0.15, 0.2) is 0 Å². The molecule has 1 atom stereocenters. The molecule has 0 aliphatic heterocycles. The van der Waals surface area contributed by atoms with Gasteiger partial charge in [0.1, 0.15) is 6.04 Å². The largest absolute Gasteiger partial charge is 0.350 e. The van der Waals surface area contributed by atoms with Crippen molar-refractivity contribution in [1.82, 2.24) is 20.4 Å². The van der Waals surface area contributed by atoms with Crippen molar-refractivity contribution >= 4 is 11.8 Å². The Morgan fingerprint density at radius 2 is 1.58 bits per heavy atom. The number of hydrogen-bond donors (Lipinski definition) is 2. The van der Waals surface area contributed by atoms with E-state index in [1.165, 1.54) is 5.56 Å². The van der Waals surface area contributed by atoms with Crippen molar-refractivity contribution in [2.75, 3.05) is 0 Å². The summed E-state index contributed by atoms with van der Waals surface area (Å²) in [5.41, 5.74) is 4.63. The van der Waals surface area contributed by atoms with Gasteiger partial charge in [0.2, 0.25) is 5.91 Å². The molecule has 3 rings (SSSR count). The summed E-state index contributed by atoms with van der Waals surface area (Å²) in [5, 5.41) is 10.5. The fourth-order valence-electron chi connectivity index (χ4n) is 3.53. The Kier molecular flexibility index (Phi) is 7.23. The fraction of sp³-hybridized carbons (Fsp3) is 0.320. The summed E-state index contributed by atoms with van der Waals surface area (Å²) in [7, 11) is 0. The summed E-state index contributed by atoms with van der Waals surface area (Å²) >= 11 is 0. The lowest BCUT2D eigenvalue weighted by Crippen LogP contribution is -2.49. The summed E-state index contributed by atoms with van der Waals surface area (Å²) in [6.45, 7) is 8.86. The number of aryl methyl sites for hydroxylation is 1. The average Bonchev–Trinajstić information content (AvgIpc) is 3.03. The van der Waals surface area contributed by atoms with Gasteiger partial charge < -0.3 is 10.6 Å². The fourth-order valence-corrected chi connectivity index (χ4v) is 3.53. The van der Waals surface area contributed by atoms with Crippen LogP contribution in [0, 0.1) is 19.8 Å². The normalized spacial score (nSPS) is 11.9. The van der Waals surface area contributed by atoms with E-state index in [-0.39, 0.29) is 17.7 Å². The highest BCUT2D eigenvalue weighted by atomic mass is 16.2. The first kappa shape index (κ1) is 22.3. The number of rotatable bonds is 8. The van der Waals surface area contributed by atoms with Gasteiger partial charge in [-0.3, -0.25) is 14.3 Å². The van der Waals surface area contributed by atoms with Gasteiger partial charge in [-0.15, -0.1) is 0 Å². The van der Waals surface area contributed by atoms with Crippen LogP contribution >= 0.6 is 0 Å². The highest BCUT2D eigenvalue weighted by Gasteiger charge is 2.25. The van der Waals surface area contributed by atoms with Crippen LogP contribution in [0.15, 0.2) is 60.7 Å². The zero-order valence-corrected chi connectivity index (χ0v) is 18.6. The van der Waals surface area contributed by atoms with E-state index < -0.39 is 6.04 Å². The molecule has 2 N–H and O–H groups in total. The lowest BCUT2D eigenvalue weighted by atomic mass is 10.0. The Labute approximate surface area is 183 Å². The molecule has 0 radical (unpaired) electrons. The molecule has 1 aromatic heterocycles. The summed E-state index contributed by atoms with van der Waals surface area (Å²) in [4.78, 5) is 25.4. The predicted octanol–water partition coefficient (Wildman–Crippen LogP) is 3.62. The molecule has 6 heteroatoms. The summed E-state index contributed by atoms with van der Waals surface area (Å²) in [5.74, 6) is -0.498. The number of nitrogens with one attached hydrogen (secondary N) is 2. The molecular formula is C25H30N4O2. The monoisotopic (exact) mass is 418 g/mol. The summed E-state index contributed by atoms with van der Waals surface area (Å²) in [6.07, 6.45) is 0. The summed E-state index contributed by atoms with van der Waals surface area (Å²) in [6, 6.07) is 18.5. The van der Waals surface area contributed by atoms with E-state index in [1.54, 1.807) is 24.3 Å². The molecule has 6 nitrogen and oxygen atoms in total. The minimum atomic E-state index is -0.618. The third-order valence-electron chi connectivity index (χ3n) is 5.42. The van der Waals surface area contributed by atoms with Crippen molar-refractivity contribution in [3.63, 3.8) is 0 Å². The SMILES string of the molecule is Cc1nn(Cc2ccccc2)c(C)c1CNC(=O)[C@@H](NC(=O)c1ccccc1)C(C)C. The van der Waals surface area contributed by atoms with Crippen LogP contribution in [0.2, 0.25) is 0 Å². The number of benzene rings is 2. The average molecular weight is 419 g/mol. The van der Waals surface area contributed by atoms with Crippen molar-refractivity contribution < 1.29 is 9.59 Å². The Morgan fingerprint density at radius 1 is 0.968 bits per heavy atom. The molecule has 2 aromatic carbocycles. The van der Waals surface area contributed by atoms with Crippen LogP contribution < -0.4 is 10.6 Å². The molecule has 31 heavy (non-hydrogen) atoms. The second-order valence-electron chi connectivity index (χ2n) is 8.07. The number of carbonyl (C=O) groups is 2. The van der Waals surface area contributed by atoms with E-state index in [4.69, 9.17) is 0 Å². The Balaban J connectivity index is 1.66. The third kappa shape index (κ3) is 5.60. The Morgan fingerprint density at radius 3 is 2.19 bits per heavy atom. The van der Waals surface area contributed by atoms with Crippen molar-refractivity contribution in [2.45, 2.75) is 46.8 Å². The van der Waals surface area contributed by atoms with Crippen LogP contribution in [0.3, 0.4) is 0 Å². The molecule has 0 saturated carbocycles. The van der Waals surface area contributed by atoms with Crippen LogP contribution in [-0.4, -0.2) is 27.6 Å². The van der Waals surface area contributed by atoms with Gasteiger partial charge in [0.05, 0.1) is 12.2 Å². The summed E-state index contributed by atoms with van der Waals surface area (Å²) < 4.78 is 1.96. The van der Waals surface area contributed by atoms with Gasteiger partial charge in [-0.25, -0.2) is 0 Å². The molecule has 0 bridgehead atoms. The second-order valence-corrected chi connectivity index (χ2v) is 8.07. The number of hydrogen-bond acceptors (Lipinski definition) is 3.